The number of hydrogen-bond donors (Lipinski definition) is 1. The zero-order valence-corrected chi connectivity index (χ0v) is 9.49. The fourth-order valence-corrected chi connectivity index (χ4v) is 1.72. The van der Waals surface area contributed by atoms with Gasteiger partial charge < -0.3 is 9.88 Å². The van der Waals surface area contributed by atoms with E-state index in [1.54, 1.807) is 0 Å². The van der Waals surface area contributed by atoms with Crippen LogP contribution >= 0.6 is 0 Å². The molecule has 0 radical (unpaired) electrons. The molecule has 15 heavy (non-hydrogen) atoms. The van der Waals surface area contributed by atoms with Gasteiger partial charge in [-0.2, -0.15) is 0 Å². The van der Waals surface area contributed by atoms with E-state index in [0.29, 0.717) is 6.04 Å². The Morgan fingerprint density at radius 2 is 2.33 bits per heavy atom. The van der Waals surface area contributed by atoms with E-state index in [2.05, 4.69) is 47.0 Å². The summed E-state index contributed by atoms with van der Waals surface area (Å²) in [4.78, 5) is 4.46. The molecule has 0 aromatic carbocycles. The second-order valence-corrected chi connectivity index (χ2v) is 4.08. The van der Waals surface area contributed by atoms with Gasteiger partial charge in [0.2, 0.25) is 0 Å². The monoisotopic (exact) mass is 203 g/mol. The van der Waals surface area contributed by atoms with Crippen LogP contribution < -0.4 is 5.32 Å². The molecular weight excluding hydrogens is 186 g/mol. The van der Waals surface area contributed by atoms with E-state index in [4.69, 9.17) is 0 Å². The van der Waals surface area contributed by atoms with Crippen molar-refractivity contribution in [1.82, 2.24) is 14.9 Å². The second-order valence-electron chi connectivity index (χ2n) is 4.08. The number of aryl methyl sites for hydroxylation is 1. The minimum Gasteiger partial charge on any atom is -0.331 e. The summed E-state index contributed by atoms with van der Waals surface area (Å²) in [5.41, 5.74) is 2.28. The summed E-state index contributed by atoms with van der Waals surface area (Å²) in [6.07, 6.45) is 4.02. The minimum atomic E-state index is 0.462. The van der Waals surface area contributed by atoms with Gasteiger partial charge in [-0.15, -0.1) is 0 Å². The summed E-state index contributed by atoms with van der Waals surface area (Å²) in [5.74, 6) is 0. The Kier molecular flexibility index (Phi) is 2.73. The predicted octanol–water partition coefficient (Wildman–Crippen LogP) is 1.95. The lowest BCUT2D eigenvalue weighted by Gasteiger charge is -2.11. The molecule has 2 aromatic rings. The second kappa shape index (κ2) is 4.03. The highest BCUT2D eigenvalue weighted by atomic mass is 15.1. The van der Waals surface area contributed by atoms with Crippen LogP contribution in [0.5, 0.6) is 0 Å². The molecule has 0 fully saturated rings. The number of nitrogens with zero attached hydrogens (tertiary/aromatic N) is 2. The van der Waals surface area contributed by atoms with Crippen molar-refractivity contribution in [2.24, 2.45) is 0 Å². The zero-order chi connectivity index (χ0) is 10.8. The molecule has 3 nitrogen and oxygen atoms in total. The van der Waals surface area contributed by atoms with Gasteiger partial charge in [-0.3, -0.25) is 0 Å². The average Bonchev–Trinajstić information content (AvgIpc) is 2.60. The Balaban J connectivity index is 2.36. The van der Waals surface area contributed by atoms with Crippen molar-refractivity contribution in [3.8, 4) is 0 Å². The van der Waals surface area contributed by atoms with Crippen molar-refractivity contribution in [2.75, 3.05) is 7.05 Å². The van der Waals surface area contributed by atoms with Crippen LogP contribution in [0.15, 0.2) is 24.5 Å². The predicted molar refractivity (Wildman–Crippen MR) is 63.0 cm³/mol. The molecule has 2 heterocycles. The molecule has 2 rings (SSSR count). The van der Waals surface area contributed by atoms with Gasteiger partial charge >= 0.3 is 0 Å². The number of likely N-dealkylation sites (N-methyl/N-ethyl adjacent to an activating group) is 1. The van der Waals surface area contributed by atoms with E-state index < -0.39 is 0 Å². The van der Waals surface area contributed by atoms with Crippen molar-refractivity contribution in [2.45, 2.75) is 26.4 Å². The minimum absolute atomic E-state index is 0.462. The largest absolute Gasteiger partial charge is 0.331 e. The van der Waals surface area contributed by atoms with Gasteiger partial charge in [0.1, 0.15) is 5.65 Å². The molecule has 0 aliphatic carbocycles. The van der Waals surface area contributed by atoms with Crippen molar-refractivity contribution >= 4 is 11.0 Å². The molecule has 0 aliphatic rings. The van der Waals surface area contributed by atoms with E-state index in [1.165, 1.54) is 10.9 Å². The molecule has 0 bridgehead atoms. The SMILES string of the molecule is CNC(C)Cn1ccc2cc(C)cnc21. The Labute approximate surface area is 90.1 Å². The van der Waals surface area contributed by atoms with E-state index >= 15 is 0 Å². The van der Waals surface area contributed by atoms with Crippen LogP contribution in [0.25, 0.3) is 11.0 Å². The van der Waals surface area contributed by atoms with Crippen LogP contribution in [0.2, 0.25) is 0 Å². The Hall–Kier alpha value is -1.35. The summed E-state index contributed by atoms with van der Waals surface area (Å²) < 4.78 is 2.19. The maximum absolute atomic E-state index is 4.46. The van der Waals surface area contributed by atoms with Crippen LogP contribution in [-0.2, 0) is 6.54 Å². The number of nitrogens with one attached hydrogen (secondary N) is 1. The Bertz CT molecular complexity index is 459. The smallest absolute Gasteiger partial charge is 0.139 e. The third kappa shape index (κ3) is 2.02. The highest BCUT2D eigenvalue weighted by Gasteiger charge is 2.05. The lowest BCUT2D eigenvalue weighted by atomic mass is 10.2. The fraction of sp³-hybridized carbons (Fsp3) is 0.417. The number of pyridine rings is 1. The topological polar surface area (TPSA) is 29.9 Å². The van der Waals surface area contributed by atoms with E-state index in [1.807, 2.05) is 13.2 Å². The maximum atomic E-state index is 4.46. The highest BCUT2D eigenvalue weighted by molar-refractivity contribution is 5.76. The van der Waals surface area contributed by atoms with Crippen LogP contribution in [-0.4, -0.2) is 22.6 Å². The van der Waals surface area contributed by atoms with Gasteiger partial charge in [0, 0.05) is 30.4 Å². The first-order valence-electron chi connectivity index (χ1n) is 5.29. The molecule has 1 N–H and O–H groups in total. The number of aromatic nitrogens is 2. The molecule has 0 saturated heterocycles. The van der Waals surface area contributed by atoms with Crippen molar-refractivity contribution in [1.29, 1.82) is 0 Å². The molecule has 2 aromatic heterocycles. The average molecular weight is 203 g/mol. The first-order chi connectivity index (χ1) is 7.20. The molecule has 80 valence electrons. The van der Waals surface area contributed by atoms with Gasteiger partial charge in [0.25, 0.3) is 0 Å². The first kappa shape index (κ1) is 10.2. The van der Waals surface area contributed by atoms with Crippen LogP contribution in [0.1, 0.15) is 12.5 Å². The van der Waals surface area contributed by atoms with Crippen LogP contribution in [0.4, 0.5) is 0 Å². The molecule has 0 amide bonds. The summed E-state index contributed by atoms with van der Waals surface area (Å²) in [5, 5.41) is 4.45. The van der Waals surface area contributed by atoms with Gasteiger partial charge in [-0.05, 0) is 38.6 Å². The normalized spacial score (nSPS) is 13.3. The highest BCUT2D eigenvalue weighted by Crippen LogP contribution is 2.14. The first-order valence-corrected chi connectivity index (χ1v) is 5.29. The molecule has 1 atom stereocenters. The molecule has 3 heteroatoms. The summed E-state index contributed by atoms with van der Waals surface area (Å²) >= 11 is 0. The summed E-state index contributed by atoms with van der Waals surface area (Å²) in [6, 6.07) is 4.75. The van der Waals surface area contributed by atoms with E-state index in [-0.39, 0.29) is 0 Å². The van der Waals surface area contributed by atoms with Crippen LogP contribution in [0, 0.1) is 6.92 Å². The molecule has 0 saturated carbocycles. The standard InChI is InChI=1S/C12H17N3/c1-9-6-11-4-5-15(8-10(2)13-3)12(11)14-7-9/h4-7,10,13H,8H2,1-3H3. The number of fused-ring (bicyclic) bond motifs is 1. The van der Waals surface area contributed by atoms with E-state index in [0.717, 1.165) is 12.2 Å². The van der Waals surface area contributed by atoms with Gasteiger partial charge in [0.05, 0.1) is 0 Å². The van der Waals surface area contributed by atoms with Crippen molar-refractivity contribution < 1.29 is 0 Å². The summed E-state index contributed by atoms with van der Waals surface area (Å²) in [6.45, 7) is 5.19. The quantitative estimate of drug-likeness (QED) is 0.826. The molecule has 0 aliphatic heterocycles. The third-order valence-electron chi connectivity index (χ3n) is 2.70. The maximum Gasteiger partial charge on any atom is 0.139 e. The molecule has 0 spiro atoms. The Morgan fingerprint density at radius 3 is 3.07 bits per heavy atom. The number of hydrogen-bond acceptors (Lipinski definition) is 2. The Morgan fingerprint density at radius 1 is 1.53 bits per heavy atom. The van der Waals surface area contributed by atoms with Crippen molar-refractivity contribution in [3.63, 3.8) is 0 Å². The third-order valence-corrected chi connectivity index (χ3v) is 2.70. The molecule has 1 unspecified atom stereocenters. The lowest BCUT2D eigenvalue weighted by molar-refractivity contribution is 0.523. The van der Waals surface area contributed by atoms with Crippen LogP contribution in [0.3, 0.4) is 0 Å². The molecular formula is C12H17N3. The van der Waals surface area contributed by atoms with E-state index in [9.17, 15) is 0 Å². The fourth-order valence-electron chi connectivity index (χ4n) is 1.72. The summed E-state index contributed by atoms with van der Waals surface area (Å²) in [7, 11) is 1.98. The lowest BCUT2D eigenvalue weighted by Crippen LogP contribution is -2.26. The van der Waals surface area contributed by atoms with Crippen molar-refractivity contribution in [3.05, 3.63) is 30.1 Å². The van der Waals surface area contributed by atoms with Gasteiger partial charge in [-0.25, -0.2) is 4.98 Å². The van der Waals surface area contributed by atoms with Gasteiger partial charge in [-0.1, -0.05) is 0 Å². The number of rotatable bonds is 3. The zero-order valence-electron chi connectivity index (χ0n) is 9.49. The van der Waals surface area contributed by atoms with Gasteiger partial charge in [0.15, 0.2) is 0 Å².